The van der Waals surface area contributed by atoms with Gasteiger partial charge in [-0.3, -0.25) is 4.79 Å². The number of likely N-dealkylation sites (tertiary alicyclic amines) is 1. The molecule has 3 nitrogen and oxygen atoms in total. The van der Waals surface area contributed by atoms with E-state index in [0.717, 1.165) is 6.54 Å². The smallest absolute Gasteiger partial charge is 0.223 e. The minimum atomic E-state index is 0.266. The van der Waals surface area contributed by atoms with Crippen LogP contribution in [0, 0.1) is 11.8 Å². The molecule has 3 heteroatoms. The zero-order chi connectivity index (χ0) is 10.3. The molecular formula is C11H20N2O. The first-order valence-electron chi connectivity index (χ1n) is 5.64. The second kappa shape index (κ2) is 3.54. The number of hydrogen-bond donors (Lipinski definition) is 1. The van der Waals surface area contributed by atoms with Gasteiger partial charge in [0.15, 0.2) is 0 Å². The van der Waals surface area contributed by atoms with Crippen molar-refractivity contribution in [1.82, 2.24) is 4.90 Å². The van der Waals surface area contributed by atoms with E-state index >= 15 is 0 Å². The fourth-order valence-corrected chi connectivity index (χ4v) is 2.38. The Balaban J connectivity index is 1.94. The summed E-state index contributed by atoms with van der Waals surface area (Å²) in [5.41, 5.74) is 6.13. The molecule has 1 aliphatic heterocycles. The summed E-state index contributed by atoms with van der Waals surface area (Å²) in [5, 5.41) is 0. The van der Waals surface area contributed by atoms with Crippen LogP contribution >= 0.6 is 0 Å². The van der Waals surface area contributed by atoms with Gasteiger partial charge in [-0.2, -0.15) is 0 Å². The molecule has 0 spiro atoms. The Labute approximate surface area is 85.6 Å². The lowest BCUT2D eigenvalue weighted by atomic mass is 9.96. The third kappa shape index (κ3) is 1.78. The van der Waals surface area contributed by atoms with Crippen molar-refractivity contribution in [1.29, 1.82) is 0 Å². The SMILES string of the molecule is CC(C)N1CC(C(N)C2CC2)CC1=O. The molecule has 80 valence electrons. The molecule has 1 heterocycles. The molecule has 1 amide bonds. The van der Waals surface area contributed by atoms with E-state index in [4.69, 9.17) is 5.73 Å². The molecule has 2 unspecified atom stereocenters. The van der Waals surface area contributed by atoms with Crippen molar-refractivity contribution in [2.75, 3.05) is 6.54 Å². The maximum absolute atomic E-state index is 11.6. The topological polar surface area (TPSA) is 46.3 Å². The van der Waals surface area contributed by atoms with Gasteiger partial charge in [-0.05, 0) is 32.6 Å². The van der Waals surface area contributed by atoms with Gasteiger partial charge in [0.1, 0.15) is 0 Å². The lowest BCUT2D eigenvalue weighted by Crippen LogP contribution is -2.36. The monoisotopic (exact) mass is 196 g/mol. The summed E-state index contributed by atoms with van der Waals surface area (Å²) in [6.45, 7) is 5.03. The van der Waals surface area contributed by atoms with Crippen LogP contribution in [0.25, 0.3) is 0 Å². The maximum Gasteiger partial charge on any atom is 0.223 e. The Morgan fingerprint density at radius 1 is 1.36 bits per heavy atom. The van der Waals surface area contributed by atoms with E-state index in [1.54, 1.807) is 0 Å². The molecule has 2 rings (SSSR count). The third-order valence-electron chi connectivity index (χ3n) is 3.52. The Kier molecular flexibility index (Phi) is 2.52. The van der Waals surface area contributed by atoms with Crippen molar-refractivity contribution in [3.05, 3.63) is 0 Å². The minimum absolute atomic E-state index is 0.266. The number of carbonyl (C=O) groups excluding carboxylic acids is 1. The zero-order valence-electron chi connectivity index (χ0n) is 9.07. The van der Waals surface area contributed by atoms with Gasteiger partial charge < -0.3 is 10.6 Å². The molecular weight excluding hydrogens is 176 g/mol. The Bertz CT molecular complexity index is 235. The maximum atomic E-state index is 11.6. The second-order valence-electron chi connectivity index (χ2n) is 5.02. The van der Waals surface area contributed by atoms with Crippen LogP contribution in [0.15, 0.2) is 0 Å². The van der Waals surface area contributed by atoms with E-state index in [9.17, 15) is 4.79 Å². The number of carbonyl (C=O) groups is 1. The van der Waals surface area contributed by atoms with Crippen LogP contribution in [0.2, 0.25) is 0 Å². The summed E-state index contributed by atoms with van der Waals surface area (Å²) < 4.78 is 0. The van der Waals surface area contributed by atoms with Crippen molar-refractivity contribution in [2.45, 2.75) is 45.2 Å². The number of nitrogens with zero attached hydrogens (tertiary/aromatic N) is 1. The van der Waals surface area contributed by atoms with Crippen LogP contribution in [-0.2, 0) is 4.79 Å². The van der Waals surface area contributed by atoms with E-state index in [2.05, 4.69) is 13.8 Å². The first-order chi connectivity index (χ1) is 6.59. The molecule has 0 aromatic carbocycles. The Morgan fingerprint density at radius 2 is 2.00 bits per heavy atom. The van der Waals surface area contributed by atoms with Crippen LogP contribution < -0.4 is 5.73 Å². The van der Waals surface area contributed by atoms with Gasteiger partial charge in [0, 0.05) is 31.0 Å². The summed E-state index contributed by atoms with van der Waals surface area (Å²) >= 11 is 0. The van der Waals surface area contributed by atoms with E-state index < -0.39 is 0 Å². The molecule has 1 saturated carbocycles. The summed E-state index contributed by atoms with van der Waals surface area (Å²) in [6.07, 6.45) is 3.22. The van der Waals surface area contributed by atoms with E-state index in [0.29, 0.717) is 30.2 Å². The van der Waals surface area contributed by atoms with Crippen LogP contribution in [0.3, 0.4) is 0 Å². The standard InChI is InChI=1S/C11H20N2O/c1-7(2)13-6-9(5-10(13)14)11(12)8-3-4-8/h7-9,11H,3-6,12H2,1-2H3. The van der Waals surface area contributed by atoms with Crippen LogP contribution in [0.1, 0.15) is 33.1 Å². The quantitative estimate of drug-likeness (QED) is 0.731. The summed E-state index contributed by atoms with van der Waals surface area (Å²) in [5.74, 6) is 1.42. The molecule has 1 saturated heterocycles. The lowest BCUT2D eigenvalue weighted by Gasteiger charge is -2.23. The van der Waals surface area contributed by atoms with Crippen LogP contribution in [0.5, 0.6) is 0 Å². The minimum Gasteiger partial charge on any atom is -0.340 e. The Hall–Kier alpha value is -0.570. The van der Waals surface area contributed by atoms with Crippen molar-refractivity contribution >= 4 is 5.91 Å². The Morgan fingerprint density at radius 3 is 2.43 bits per heavy atom. The van der Waals surface area contributed by atoms with Gasteiger partial charge in [-0.15, -0.1) is 0 Å². The third-order valence-corrected chi connectivity index (χ3v) is 3.52. The van der Waals surface area contributed by atoms with Crippen molar-refractivity contribution in [3.63, 3.8) is 0 Å². The molecule has 2 aliphatic rings. The second-order valence-corrected chi connectivity index (χ2v) is 5.02. The normalized spacial score (nSPS) is 30.1. The lowest BCUT2D eigenvalue weighted by molar-refractivity contribution is -0.129. The fraction of sp³-hybridized carbons (Fsp3) is 0.909. The largest absolute Gasteiger partial charge is 0.340 e. The average Bonchev–Trinajstić information content (AvgIpc) is 2.88. The van der Waals surface area contributed by atoms with Gasteiger partial charge in [0.2, 0.25) is 5.91 Å². The van der Waals surface area contributed by atoms with Gasteiger partial charge in [-0.25, -0.2) is 0 Å². The molecule has 2 atom stereocenters. The molecule has 2 N–H and O–H groups in total. The van der Waals surface area contributed by atoms with Gasteiger partial charge in [0.05, 0.1) is 0 Å². The van der Waals surface area contributed by atoms with E-state index in [1.807, 2.05) is 4.90 Å². The highest BCUT2D eigenvalue weighted by molar-refractivity contribution is 5.79. The fourth-order valence-electron chi connectivity index (χ4n) is 2.38. The predicted octanol–water partition coefficient (Wildman–Crippen LogP) is 0.981. The molecule has 0 radical (unpaired) electrons. The highest BCUT2D eigenvalue weighted by Crippen LogP contribution is 2.37. The van der Waals surface area contributed by atoms with E-state index in [1.165, 1.54) is 12.8 Å². The number of nitrogens with two attached hydrogens (primary N) is 1. The average molecular weight is 196 g/mol. The van der Waals surface area contributed by atoms with Gasteiger partial charge in [0.25, 0.3) is 0 Å². The zero-order valence-corrected chi connectivity index (χ0v) is 9.07. The molecule has 1 aliphatic carbocycles. The van der Waals surface area contributed by atoms with Crippen LogP contribution in [0.4, 0.5) is 0 Å². The number of amides is 1. The molecule has 0 bridgehead atoms. The molecule has 14 heavy (non-hydrogen) atoms. The highest BCUT2D eigenvalue weighted by atomic mass is 16.2. The molecule has 0 aromatic rings. The highest BCUT2D eigenvalue weighted by Gasteiger charge is 2.40. The summed E-state index contributed by atoms with van der Waals surface area (Å²) in [7, 11) is 0. The molecule has 2 fully saturated rings. The number of hydrogen-bond acceptors (Lipinski definition) is 2. The summed E-state index contributed by atoms with van der Waals surface area (Å²) in [4.78, 5) is 13.6. The van der Waals surface area contributed by atoms with Crippen LogP contribution in [-0.4, -0.2) is 29.4 Å². The van der Waals surface area contributed by atoms with Crippen molar-refractivity contribution in [2.24, 2.45) is 17.6 Å². The van der Waals surface area contributed by atoms with Gasteiger partial charge >= 0.3 is 0 Å². The summed E-state index contributed by atoms with van der Waals surface area (Å²) in [6, 6.07) is 0.599. The van der Waals surface area contributed by atoms with Crippen molar-refractivity contribution < 1.29 is 4.79 Å². The number of rotatable bonds is 3. The van der Waals surface area contributed by atoms with Gasteiger partial charge in [-0.1, -0.05) is 0 Å². The first-order valence-corrected chi connectivity index (χ1v) is 5.64. The van der Waals surface area contributed by atoms with E-state index in [-0.39, 0.29) is 6.04 Å². The predicted molar refractivity (Wildman–Crippen MR) is 55.7 cm³/mol. The molecule has 0 aromatic heterocycles. The first kappa shape index (κ1) is 9.97. The van der Waals surface area contributed by atoms with Crippen molar-refractivity contribution in [3.8, 4) is 0 Å².